The first-order valence-corrected chi connectivity index (χ1v) is 5.80. The van der Waals surface area contributed by atoms with Gasteiger partial charge in [0.05, 0.1) is 6.04 Å². The highest BCUT2D eigenvalue weighted by molar-refractivity contribution is 5.94. The predicted molar refractivity (Wildman–Crippen MR) is 64.5 cm³/mol. The smallest absolute Gasteiger partial charge is 0.254 e. The van der Waals surface area contributed by atoms with Gasteiger partial charge in [0.2, 0.25) is 0 Å². The van der Waals surface area contributed by atoms with Gasteiger partial charge >= 0.3 is 0 Å². The van der Waals surface area contributed by atoms with E-state index in [2.05, 4.69) is 5.32 Å². The molecule has 0 saturated carbocycles. The number of likely N-dealkylation sites (N-methyl/N-ethyl adjacent to an activating group) is 1. The minimum atomic E-state index is 0.151. The lowest BCUT2D eigenvalue weighted by atomic mass is 10.1. The molecule has 1 fully saturated rings. The summed E-state index contributed by atoms with van der Waals surface area (Å²) in [5.74, 6) is 0.151. The molecular weight excluding hydrogens is 200 g/mol. The quantitative estimate of drug-likeness (QED) is 0.832. The van der Waals surface area contributed by atoms with Gasteiger partial charge in [-0.1, -0.05) is 17.7 Å². The first kappa shape index (κ1) is 11.1. The summed E-state index contributed by atoms with van der Waals surface area (Å²) >= 11 is 0. The van der Waals surface area contributed by atoms with Crippen LogP contribution < -0.4 is 5.32 Å². The lowest BCUT2D eigenvalue weighted by Crippen LogP contribution is -2.58. The molecule has 16 heavy (non-hydrogen) atoms. The van der Waals surface area contributed by atoms with Gasteiger partial charge in [-0.15, -0.1) is 0 Å². The number of hydrogen-bond donors (Lipinski definition) is 1. The summed E-state index contributed by atoms with van der Waals surface area (Å²) in [6, 6.07) is 8.17. The van der Waals surface area contributed by atoms with E-state index in [9.17, 15) is 4.79 Å². The second kappa shape index (κ2) is 4.66. The molecule has 3 heteroatoms. The number of benzene rings is 1. The highest BCUT2D eigenvalue weighted by atomic mass is 16.2. The van der Waals surface area contributed by atoms with Gasteiger partial charge in [-0.3, -0.25) is 4.79 Å². The number of hydrogen-bond acceptors (Lipinski definition) is 2. The third-order valence-electron chi connectivity index (χ3n) is 3.07. The van der Waals surface area contributed by atoms with Crippen molar-refractivity contribution in [1.82, 2.24) is 10.2 Å². The Labute approximate surface area is 96.5 Å². The second-order valence-corrected chi connectivity index (χ2v) is 4.27. The Balaban J connectivity index is 2.16. The molecular formula is C13H18N2O. The van der Waals surface area contributed by atoms with Crippen molar-refractivity contribution in [2.75, 3.05) is 19.6 Å². The van der Waals surface area contributed by atoms with Crippen LogP contribution in [-0.4, -0.2) is 36.5 Å². The number of nitrogens with zero attached hydrogens (tertiary/aromatic N) is 1. The van der Waals surface area contributed by atoms with Crippen LogP contribution in [0.15, 0.2) is 24.3 Å². The maximum atomic E-state index is 12.3. The molecule has 1 saturated heterocycles. The van der Waals surface area contributed by atoms with Crippen molar-refractivity contribution in [3.63, 3.8) is 0 Å². The van der Waals surface area contributed by atoms with Crippen LogP contribution in [0.25, 0.3) is 0 Å². The Morgan fingerprint density at radius 3 is 2.75 bits per heavy atom. The van der Waals surface area contributed by atoms with Crippen molar-refractivity contribution in [2.45, 2.75) is 19.9 Å². The topological polar surface area (TPSA) is 32.3 Å². The van der Waals surface area contributed by atoms with E-state index in [4.69, 9.17) is 0 Å². The fourth-order valence-corrected chi connectivity index (χ4v) is 2.01. The van der Waals surface area contributed by atoms with E-state index in [-0.39, 0.29) is 5.91 Å². The van der Waals surface area contributed by atoms with Crippen LogP contribution in [0.4, 0.5) is 0 Å². The Bertz CT molecular complexity index is 385. The average molecular weight is 218 g/mol. The predicted octanol–water partition coefficient (Wildman–Crippen LogP) is 1.43. The molecule has 0 aromatic heterocycles. The monoisotopic (exact) mass is 218 g/mol. The van der Waals surface area contributed by atoms with Gasteiger partial charge in [0, 0.05) is 25.2 Å². The van der Waals surface area contributed by atoms with Crippen molar-refractivity contribution in [3.8, 4) is 0 Å². The van der Waals surface area contributed by atoms with Crippen LogP contribution in [-0.2, 0) is 0 Å². The van der Waals surface area contributed by atoms with Gasteiger partial charge in [0.1, 0.15) is 0 Å². The van der Waals surface area contributed by atoms with Gasteiger partial charge in [-0.2, -0.15) is 0 Å². The first-order chi connectivity index (χ1) is 7.72. The van der Waals surface area contributed by atoms with Crippen LogP contribution in [0.1, 0.15) is 22.8 Å². The molecule has 0 bridgehead atoms. The highest BCUT2D eigenvalue weighted by Gasteiger charge is 2.27. The number of aryl methyl sites for hydroxylation is 1. The summed E-state index contributed by atoms with van der Waals surface area (Å²) < 4.78 is 0. The van der Waals surface area contributed by atoms with Gasteiger partial charge in [-0.05, 0) is 26.0 Å². The molecule has 1 aromatic rings. The van der Waals surface area contributed by atoms with Crippen molar-refractivity contribution < 1.29 is 4.79 Å². The number of carbonyl (C=O) groups is 1. The molecule has 0 atom stereocenters. The minimum absolute atomic E-state index is 0.151. The third-order valence-corrected chi connectivity index (χ3v) is 3.07. The largest absolute Gasteiger partial charge is 0.333 e. The van der Waals surface area contributed by atoms with Crippen molar-refractivity contribution in [1.29, 1.82) is 0 Å². The third kappa shape index (κ3) is 2.09. The molecule has 1 aliphatic rings. The molecule has 0 spiro atoms. The molecule has 0 unspecified atom stereocenters. The SMILES string of the molecule is CCN(C(=O)c1cccc(C)c1)C1CNC1. The van der Waals surface area contributed by atoms with E-state index in [1.165, 1.54) is 0 Å². The first-order valence-electron chi connectivity index (χ1n) is 5.80. The molecule has 86 valence electrons. The summed E-state index contributed by atoms with van der Waals surface area (Å²) in [6.45, 7) is 6.67. The summed E-state index contributed by atoms with van der Waals surface area (Å²) in [6.07, 6.45) is 0. The van der Waals surface area contributed by atoms with Gasteiger partial charge in [0.25, 0.3) is 5.91 Å². The van der Waals surface area contributed by atoms with Crippen molar-refractivity contribution in [3.05, 3.63) is 35.4 Å². The number of carbonyl (C=O) groups excluding carboxylic acids is 1. The van der Waals surface area contributed by atoms with Gasteiger partial charge < -0.3 is 10.2 Å². The fraction of sp³-hybridized carbons (Fsp3) is 0.462. The molecule has 2 rings (SSSR count). The van der Waals surface area contributed by atoms with E-state index >= 15 is 0 Å². The van der Waals surface area contributed by atoms with Crippen molar-refractivity contribution in [2.24, 2.45) is 0 Å². The Morgan fingerprint density at radius 2 is 2.25 bits per heavy atom. The summed E-state index contributed by atoms with van der Waals surface area (Å²) in [5, 5.41) is 3.20. The van der Waals surface area contributed by atoms with Gasteiger partial charge in [0.15, 0.2) is 0 Å². The maximum Gasteiger partial charge on any atom is 0.254 e. The maximum absolute atomic E-state index is 12.3. The lowest BCUT2D eigenvalue weighted by molar-refractivity contribution is 0.0630. The molecule has 1 N–H and O–H groups in total. The van der Waals surface area contributed by atoms with E-state index in [1.807, 2.05) is 43.0 Å². The zero-order valence-corrected chi connectivity index (χ0v) is 9.86. The normalized spacial score (nSPS) is 15.6. The standard InChI is InChI=1S/C13H18N2O/c1-3-15(12-8-14-9-12)13(16)11-6-4-5-10(2)7-11/h4-7,12,14H,3,8-9H2,1-2H3. The summed E-state index contributed by atoms with van der Waals surface area (Å²) in [7, 11) is 0. The summed E-state index contributed by atoms with van der Waals surface area (Å²) in [4.78, 5) is 14.2. The van der Waals surface area contributed by atoms with Crippen LogP contribution in [0.5, 0.6) is 0 Å². The van der Waals surface area contributed by atoms with Crippen LogP contribution in [0.2, 0.25) is 0 Å². The Kier molecular flexibility index (Phi) is 3.25. The number of amides is 1. The number of nitrogens with one attached hydrogen (secondary N) is 1. The van der Waals surface area contributed by atoms with Crippen LogP contribution in [0.3, 0.4) is 0 Å². The molecule has 0 radical (unpaired) electrons. The highest BCUT2D eigenvalue weighted by Crippen LogP contribution is 2.12. The van der Waals surface area contributed by atoms with Crippen LogP contribution >= 0.6 is 0 Å². The van der Waals surface area contributed by atoms with E-state index in [1.54, 1.807) is 0 Å². The average Bonchev–Trinajstić information content (AvgIpc) is 2.22. The van der Waals surface area contributed by atoms with E-state index < -0.39 is 0 Å². The van der Waals surface area contributed by atoms with E-state index in [0.717, 1.165) is 30.8 Å². The Hall–Kier alpha value is -1.35. The second-order valence-electron chi connectivity index (χ2n) is 4.27. The molecule has 1 amide bonds. The molecule has 3 nitrogen and oxygen atoms in total. The molecule has 1 aromatic carbocycles. The molecule has 1 aliphatic heterocycles. The fourth-order valence-electron chi connectivity index (χ4n) is 2.01. The van der Waals surface area contributed by atoms with Crippen molar-refractivity contribution >= 4 is 5.91 Å². The van der Waals surface area contributed by atoms with E-state index in [0.29, 0.717) is 6.04 Å². The van der Waals surface area contributed by atoms with Crippen LogP contribution in [0, 0.1) is 6.92 Å². The molecule has 1 heterocycles. The zero-order chi connectivity index (χ0) is 11.5. The molecule has 0 aliphatic carbocycles. The minimum Gasteiger partial charge on any atom is -0.333 e. The number of rotatable bonds is 3. The van der Waals surface area contributed by atoms with Gasteiger partial charge in [-0.25, -0.2) is 0 Å². The zero-order valence-electron chi connectivity index (χ0n) is 9.86. The summed E-state index contributed by atoms with van der Waals surface area (Å²) in [5.41, 5.74) is 1.93. The lowest BCUT2D eigenvalue weighted by Gasteiger charge is -2.37. The Morgan fingerprint density at radius 1 is 1.50 bits per heavy atom.